The average molecular weight is 208 g/mol. The van der Waals surface area contributed by atoms with Gasteiger partial charge in [0.1, 0.15) is 0 Å². The third-order valence-corrected chi connectivity index (χ3v) is 5.00. The summed E-state index contributed by atoms with van der Waals surface area (Å²) in [6.07, 6.45) is 8.47. The minimum absolute atomic E-state index is 0.860. The van der Waals surface area contributed by atoms with Crippen molar-refractivity contribution < 1.29 is 0 Å². The SMILES string of the molecule is NCCCCCNC1C2C3CCC(C3)C12. The summed E-state index contributed by atoms with van der Waals surface area (Å²) in [5.41, 5.74) is 5.48. The lowest BCUT2D eigenvalue weighted by atomic mass is 10.0. The average Bonchev–Trinajstić information content (AvgIpc) is 2.67. The Hall–Kier alpha value is -0.0800. The first-order chi connectivity index (χ1) is 7.42. The third-order valence-electron chi connectivity index (χ3n) is 5.00. The molecule has 0 aromatic carbocycles. The highest BCUT2D eigenvalue weighted by Gasteiger charge is 2.64. The van der Waals surface area contributed by atoms with E-state index in [4.69, 9.17) is 5.73 Å². The summed E-state index contributed by atoms with van der Waals surface area (Å²) < 4.78 is 0. The summed E-state index contributed by atoms with van der Waals surface area (Å²) in [5.74, 6) is 4.42. The van der Waals surface area contributed by atoms with E-state index in [0.717, 1.165) is 36.3 Å². The number of rotatable bonds is 6. The van der Waals surface area contributed by atoms with Crippen LogP contribution >= 0.6 is 0 Å². The van der Waals surface area contributed by atoms with Gasteiger partial charge in [-0.05, 0) is 68.9 Å². The fourth-order valence-electron chi connectivity index (χ4n) is 4.31. The monoisotopic (exact) mass is 208 g/mol. The highest BCUT2D eigenvalue weighted by atomic mass is 15.0. The summed E-state index contributed by atoms with van der Waals surface area (Å²) >= 11 is 0. The molecule has 0 heterocycles. The van der Waals surface area contributed by atoms with Crippen molar-refractivity contribution in [3.8, 4) is 0 Å². The molecule has 3 fully saturated rings. The molecule has 0 spiro atoms. The van der Waals surface area contributed by atoms with Gasteiger partial charge < -0.3 is 11.1 Å². The molecule has 3 aliphatic rings. The molecule has 15 heavy (non-hydrogen) atoms. The normalized spacial score (nSPS) is 45.8. The van der Waals surface area contributed by atoms with Gasteiger partial charge in [-0.25, -0.2) is 0 Å². The standard InChI is InChI=1S/C13H24N2/c14-6-2-1-3-7-15-13-11-9-4-5-10(8-9)12(11)13/h9-13,15H,1-8,14H2. The molecule has 86 valence electrons. The van der Waals surface area contributed by atoms with Gasteiger partial charge in [0.15, 0.2) is 0 Å². The molecular formula is C13H24N2. The summed E-state index contributed by atoms with van der Waals surface area (Å²) in [7, 11) is 0. The maximum absolute atomic E-state index is 5.48. The van der Waals surface area contributed by atoms with Gasteiger partial charge in [-0.15, -0.1) is 0 Å². The summed E-state index contributed by atoms with van der Waals surface area (Å²) in [6.45, 7) is 2.09. The van der Waals surface area contributed by atoms with E-state index in [2.05, 4.69) is 5.32 Å². The van der Waals surface area contributed by atoms with Gasteiger partial charge in [0, 0.05) is 6.04 Å². The molecule has 0 aliphatic heterocycles. The Balaban J connectivity index is 1.34. The first-order valence-electron chi connectivity index (χ1n) is 6.85. The molecule has 0 radical (unpaired) electrons. The predicted octanol–water partition coefficient (Wildman–Crippen LogP) is 1.75. The van der Waals surface area contributed by atoms with Crippen molar-refractivity contribution in [2.24, 2.45) is 29.4 Å². The molecule has 0 amide bonds. The maximum atomic E-state index is 5.48. The zero-order chi connectivity index (χ0) is 10.3. The first kappa shape index (κ1) is 10.1. The van der Waals surface area contributed by atoms with Gasteiger partial charge in [-0.3, -0.25) is 0 Å². The Labute approximate surface area is 93.0 Å². The number of unbranched alkanes of at least 4 members (excludes halogenated alkanes) is 2. The van der Waals surface area contributed by atoms with Crippen LogP contribution in [0.5, 0.6) is 0 Å². The van der Waals surface area contributed by atoms with E-state index < -0.39 is 0 Å². The lowest BCUT2D eigenvalue weighted by Gasteiger charge is -2.10. The number of fused-ring (bicyclic) bond motifs is 5. The highest BCUT2D eigenvalue weighted by molar-refractivity contribution is 5.16. The minimum atomic E-state index is 0.860. The molecule has 3 saturated carbocycles. The Morgan fingerprint density at radius 1 is 1.00 bits per heavy atom. The van der Waals surface area contributed by atoms with Gasteiger partial charge in [-0.1, -0.05) is 6.42 Å². The van der Waals surface area contributed by atoms with Gasteiger partial charge in [0.05, 0.1) is 0 Å². The van der Waals surface area contributed by atoms with E-state index in [-0.39, 0.29) is 0 Å². The molecule has 4 unspecified atom stereocenters. The van der Waals surface area contributed by atoms with Crippen LogP contribution in [0, 0.1) is 23.7 Å². The van der Waals surface area contributed by atoms with E-state index in [9.17, 15) is 0 Å². The Kier molecular flexibility index (Phi) is 2.73. The molecule has 3 rings (SSSR count). The second kappa shape index (κ2) is 4.06. The van der Waals surface area contributed by atoms with Crippen LogP contribution in [0.4, 0.5) is 0 Å². The lowest BCUT2D eigenvalue weighted by molar-refractivity contribution is 0.456. The van der Waals surface area contributed by atoms with Crippen molar-refractivity contribution in [2.45, 2.75) is 44.6 Å². The van der Waals surface area contributed by atoms with E-state index in [0.29, 0.717) is 0 Å². The van der Waals surface area contributed by atoms with Crippen molar-refractivity contribution in [1.82, 2.24) is 5.32 Å². The van der Waals surface area contributed by atoms with Crippen molar-refractivity contribution in [3.63, 3.8) is 0 Å². The fourth-order valence-corrected chi connectivity index (χ4v) is 4.31. The summed E-state index contributed by atoms with van der Waals surface area (Å²) in [5, 5.41) is 3.78. The molecule has 2 heteroatoms. The van der Waals surface area contributed by atoms with Gasteiger partial charge >= 0.3 is 0 Å². The number of nitrogens with one attached hydrogen (secondary N) is 1. The van der Waals surface area contributed by atoms with Crippen LogP contribution in [0.3, 0.4) is 0 Å². The molecule has 4 atom stereocenters. The van der Waals surface area contributed by atoms with E-state index in [1.807, 2.05) is 0 Å². The molecule has 2 bridgehead atoms. The zero-order valence-electron chi connectivity index (χ0n) is 9.62. The lowest BCUT2D eigenvalue weighted by Crippen LogP contribution is -2.24. The molecule has 3 aliphatic carbocycles. The predicted molar refractivity (Wildman–Crippen MR) is 62.5 cm³/mol. The smallest absolute Gasteiger partial charge is 0.0135 e. The summed E-state index contributed by atoms with van der Waals surface area (Å²) in [4.78, 5) is 0. The van der Waals surface area contributed by atoms with Crippen LogP contribution in [0.1, 0.15) is 38.5 Å². The largest absolute Gasteiger partial charge is 0.330 e. The number of nitrogens with two attached hydrogens (primary N) is 1. The zero-order valence-corrected chi connectivity index (χ0v) is 9.62. The highest BCUT2D eigenvalue weighted by Crippen LogP contribution is 2.65. The number of hydrogen-bond acceptors (Lipinski definition) is 2. The van der Waals surface area contributed by atoms with Crippen molar-refractivity contribution in [2.75, 3.05) is 13.1 Å². The van der Waals surface area contributed by atoms with Crippen LogP contribution in [0.15, 0.2) is 0 Å². The Bertz CT molecular complexity index is 213. The van der Waals surface area contributed by atoms with Crippen LogP contribution in [0.25, 0.3) is 0 Å². The van der Waals surface area contributed by atoms with E-state index in [1.54, 1.807) is 6.42 Å². The molecule has 0 saturated heterocycles. The molecule has 3 N–H and O–H groups in total. The van der Waals surface area contributed by atoms with Gasteiger partial charge in [0.2, 0.25) is 0 Å². The molecular weight excluding hydrogens is 184 g/mol. The van der Waals surface area contributed by atoms with Crippen LogP contribution in [-0.4, -0.2) is 19.1 Å². The Morgan fingerprint density at radius 3 is 2.40 bits per heavy atom. The molecule has 2 nitrogen and oxygen atoms in total. The Morgan fingerprint density at radius 2 is 1.73 bits per heavy atom. The van der Waals surface area contributed by atoms with Gasteiger partial charge in [-0.2, -0.15) is 0 Å². The third kappa shape index (κ3) is 1.72. The van der Waals surface area contributed by atoms with Crippen molar-refractivity contribution >= 4 is 0 Å². The molecule has 0 aromatic rings. The van der Waals surface area contributed by atoms with Gasteiger partial charge in [0.25, 0.3) is 0 Å². The second-order valence-corrected chi connectivity index (χ2v) is 5.82. The van der Waals surface area contributed by atoms with Crippen molar-refractivity contribution in [3.05, 3.63) is 0 Å². The summed E-state index contributed by atoms with van der Waals surface area (Å²) in [6, 6.07) is 0.925. The van der Waals surface area contributed by atoms with E-state index >= 15 is 0 Å². The quantitative estimate of drug-likeness (QED) is 0.653. The van der Waals surface area contributed by atoms with Crippen LogP contribution in [-0.2, 0) is 0 Å². The maximum Gasteiger partial charge on any atom is 0.0135 e. The second-order valence-electron chi connectivity index (χ2n) is 5.82. The first-order valence-corrected chi connectivity index (χ1v) is 6.85. The van der Waals surface area contributed by atoms with Crippen molar-refractivity contribution in [1.29, 1.82) is 0 Å². The van der Waals surface area contributed by atoms with Crippen LogP contribution in [0.2, 0.25) is 0 Å². The number of hydrogen-bond donors (Lipinski definition) is 2. The fraction of sp³-hybridized carbons (Fsp3) is 1.00. The molecule has 0 aromatic heterocycles. The van der Waals surface area contributed by atoms with Crippen LogP contribution < -0.4 is 11.1 Å². The van der Waals surface area contributed by atoms with E-state index in [1.165, 1.54) is 38.6 Å². The minimum Gasteiger partial charge on any atom is -0.330 e. The topological polar surface area (TPSA) is 38.0 Å².